The highest BCUT2D eigenvalue weighted by molar-refractivity contribution is 8.00. The molecule has 0 fully saturated rings. The molecule has 1 heterocycles. The number of rotatable bonds is 9. The Morgan fingerprint density at radius 3 is 2.71 bits per heavy atom. The third-order valence-electron chi connectivity index (χ3n) is 4.40. The minimum atomic E-state index is -0.509. The summed E-state index contributed by atoms with van der Waals surface area (Å²) in [5, 5.41) is 12.1. The number of hydrogen-bond donors (Lipinski definition) is 1. The van der Waals surface area contributed by atoms with E-state index in [2.05, 4.69) is 15.5 Å². The van der Waals surface area contributed by atoms with E-state index in [4.69, 9.17) is 27.9 Å². The van der Waals surface area contributed by atoms with E-state index in [1.165, 1.54) is 23.9 Å². The fourth-order valence-corrected chi connectivity index (χ4v) is 4.13. The quantitative estimate of drug-likeness (QED) is 0.320. The van der Waals surface area contributed by atoms with Gasteiger partial charge in [0.2, 0.25) is 5.91 Å². The van der Waals surface area contributed by atoms with E-state index in [1.54, 1.807) is 20.1 Å². The molecule has 31 heavy (non-hydrogen) atoms. The summed E-state index contributed by atoms with van der Waals surface area (Å²) >= 11 is 13.6. The van der Waals surface area contributed by atoms with Gasteiger partial charge in [-0.2, -0.15) is 0 Å². The van der Waals surface area contributed by atoms with Crippen LogP contribution < -0.4 is 5.32 Å². The Balaban J connectivity index is 1.80. The van der Waals surface area contributed by atoms with Gasteiger partial charge < -0.3 is 14.6 Å². The normalized spacial score (nSPS) is 12.0. The van der Waals surface area contributed by atoms with Gasteiger partial charge in [0.25, 0.3) is 0 Å². The Labute approximate surface area is 194 Å². The van der Waals surface area contributed by atoms with Gasteiger partial charge in [0.15, 0.2) is 11.0 Å². The van der Waals surface area contributed by atoms with E-state index in [9.17, 15) is 9.18 Å². The van der Waals surface area contributed by atoms with Crippen LogP contribution in [0.2, 0.25) is 10.0 Å². The van der Waals surface area contributed by atoms with Gasteiger partial charge in [0.05, 0.1) is 21.0 Å². The van der Waals surface area contributed by atoms with Crippen LogP contribution in [0.25, 0.3) is 11.4 Å². The third kappa shape index (κ3) is 5.98. The van der Waals surface area contributed by atoms with Crippen LogP contribution in [-0.4, -0.2) is 39.6 Å². The zero-order valence-electron chi connectivity index (χ0n) is 16.9. The van der Waals surface area contributed by atoms with Crippen molar-refractivity contribution in [2.75, 3.05) is 19.0 Å². The molecule has 6 nitrogen and oxygen atoms in total. The second-order valence-electron chi connectivity index (χ2n) is 6.66. The lowest BCUT2D eigenvalue weighted by molar-refractivity contribution is -0.115. The summed E-state index contributed by atoms with van der Waals surface area (Å²) in [6.07, 6.45) is 0.741. The molecule has 0 saturated heterocycles. The van der Waals surface area contributed by atoms with Crippen LogP contribution in [0.15, 0.2) is 47.6 Å². The summed E-state index contributed by atoms with van der Waals surface area (Å²) in [7, 11) is 1.64. The van der Waals surface area contributed by atoms with Crippen molar-refractivity contribution < 1.29 is 13.9 Å². The number of ether oxygens (including phenoxy) is 1. The molecule has 0 aliphatic heterocycles. The van der Waals surface area contributed by atoms with Crippen LogP contribution in [0.3, 0.4) is 0 Å². The zero-order chi connectivity index (χ0) is 22.4. The maximum absolute atomic E-state index is 13.2. The molecule has 1 atom stereocenters. The number of anilines is 1. The smallest absolute Gasteiger partial charge is 0.237 e. The topological polar surface area (TPSA) is 69.0 Å². The fourth-order valence-electron chi connectivity index (χ4n) is 2.82. The molecule has 3 rings (SSSR count). The number of aromatic nitrogens is 3. The van der Waals surface area contributed by atoms with Crippen molar-refractivity contribution in [3.8, 4) is 11.4 Å². The minimum absolute atomic E-state index is 0.134. The molecule has 1 aromatic heterocycles. The highest BCUT2D eigenvalue weighted by Gasteiger charge is 2.22. The van der Waals surface area contributed by atoms with Crippen LogP contribution in [0, 0.1) is 5.82 Å². The Kier molecular flexibility index (Phi) is 8.31. The summed E-state index contributed by atoms with van der Waals surface area (Å²) in [5.41, 5.74) is 1.11. The number of carbonyl (C=O) groups excluding carboxylic acids is 1. The van der Waals surface area contributed by atoms with Crippen molar-refractivity contribution in [2.45, 2.75) is 30.3 Å². The largest absolute Gasteiger partial charge is 0.385 e. The predicted octanol–water partition coefficient (Wildman–Crippen LogP) is 5.55. The van der Waals surface area contributed by atoms with Gasteiger partial charge in [-0.15, -0.1) is 10.2 Å². The van der Waals surface area contributed by atoms with Gasteiger partial charge in [0.1, 0.15) is 5.82 Å². The SMILES string of the molecule is COCCCn1c(S[C@@H](C)C(=O)Nc2ccc(F)cc2Cl)nnc1-c1ccccc1Cl. The van der Waals surface area contributed by atoms with E-state index >= 15 is 0 Å². The number of nitrogens with one attached hydrogen (secondary N) is 1. The number of methoxy groups -OCH3 is 1. The van der Waals surface area contributed by atoms with Gasteiger partial charge in [0, 0.05) is 25.8 Å². The van der Waals surface area contributed by atoms with Crippen LogP contribution in [-0.2, 0) is 16.1 Å². The molecule has 0 radical (unpaired) electrons. The maximum Gasteiger partial charge on any atom is 0.237 e. The summed E-state index contributed by atoms with van der Waals surface area (Å²) < 4.78 is 20.3. The molecule has 2 aromatic carbocycles. The number of benzene rings is 2. The number of thioether (sulfide) groups is 1. The van der Waals surface area contributed by atoms with E-state index < -0.39 is 11.1 Å². The first-order valence-corrected chi connectivity index (χ1v) is 11.1. The maximum atomic E-state index is 13.2. The zero-order valence-corrected chi connectivity index (χ0v) is 19.3. The van der Waals surface area contributed by atoms with E-state index in [1.807, 2.05) is 22.8 Å². The van der Waals surface area contributed by atoms with Crippen LogP contribution in [0.4, 0.5) is 10.1 Å². The first-order chi connectivity index (χ1) is 14.9. The lowest BCUT2D eigenvalue weighted by atomic mass is 10.2. The fraction of sp³-hybridized carbons (Fsp3) is 0.286. The molecule has 164 valence electrons. The van der Waals surface area contributed by atoms with Gasteiger partial charge in [-0.1, -0.05) is 47.1 Å². The first kappa shape index (κ1) is 23.5. The Morgan fingerprint density at radius 1 is 1.23 bits per heavy atom. The molecule has 1 N–H and O–H groups in total. The van der Waals surface area contributed by atoms with Crippen molar-refractivity contribution >= 4 is 46.6 Å². The number of hydrogen-bond acceptors (Lipinski definition) is 5. The van der Waals surface area contributed by atoms with Gasteiger partial charge >= 0.3 is 0 Å². The highest BCUT2D eigenvalue weighted by Crippen LogP contribution is 2.31. The average Bonchev–Trinajstić information content (AvgIpc) is 3.12. The molecule has 0 saturated carbocycles. The van der Waals surface area contributed by atoms with E-state index in [0.717, 1.165) is 18.1 Å². The lowest BCUT2D eigenvalue weighted by Crippen LogP contribution is -2.23. The molecule has 0 spiro atoms. The summed E-state index contributed by atoms with van der Waals surface area (Å²) in [5.74, 6) is -0.135. The van der Waals surface area contributed by atoms with Crippen molar-refractivity contribution in [1.29, 1.82) is 0 Å². The number of amides is 1. The second-order valence-corrected chi connectivity index (χ2v) is 8.78. The standard InChI is InChI=1S/C21H21Cl2FN4O2S/c1-13(20(29)25-18-9-8-14(24)12-17(18)23)31-21-27-26-19(28(21)10-5-11-30-2)15-6-3-4-7-16(15)22/h3-4,6-9,12-13H,5,10-11H2,1-2H3,(H,25,29)/t13-/m0/s1. The molecule has 10 heteroatoms. The van der Waals surface area contributed by atoms with Crippen LogP contribution in [0.5, 0.6) is 0 Å². The molecular weight excluding hydrogens is 462 g/mol. The monoisotopic (exact) mass is 482 g/mol. The molecule has 0 unspecified atom stereocenters. The molecular formula is C21H21Cl2FN4O2S. The summed E-state index contributed by atoms with van der Waals surface area (Å²) in [6.45, 7) is 2.92. The lowest BCUT2D eigenvalue weighted by Gasteiger charge is -2.14. The van der Waals surface area contributed by atoms with E-state index in [0.29, 0.717) is 34.8 Å². The molecule has 0 bridgehead atoms. The Bertz CT molecular complexity index is 1060. The minimum Gasteiger partial charge on any atom is -0.385 e. The van der Waals surface area contributed by atoms with Crippen molar-refractivity contribution in [3.63, 3.8) is 0 Å². The molecule has 0 aliphatic rings. The van der Waals surface area contributed by atoms with Gasteiger partial charge in [-0.25, -0.2) is 4.39 Å². The van der Waals surface area contributed by atoms with E-state index in [-0.39, 0.29) is 10.9 Å². The van der Waals surface area contributed by atoms with Crippen LogP contribution >= 0.6 is 35.0 Å². The Hall–Kier alpha value is -2.13. The van der Waals surface area contributed by atoms with Crippen molar-refractivity contribution in [1.82, 2.24) is 14.8 Å². The van der Waals surface area contributed by atoms with Crippen molar-refractivity contribution in [2.24, 2.45) is 0 Å². The molecule has 0 aliphatic carbocycles. The molecule has 1 amide bonds. The summed E-state index contributed by atoms with van der Waals surface area (Å²) in [4.78, 5) is 12.7. The predicted molar refractivity (Wildman–Crippen MR) is 122 cm³/mol. The van der Waals surface area contributed by atoms with Gasteiger partial charge in [-0.05, 0) is 43.7 Å². The second kappa shape index (κ2) is 10.9. The molecule has 3 aromatic rings. The average molecular weight is 483 g/mol. The van der Waals surface area contributed by atoms with Crippen LogP contribution in [0.1, 0.15) is 13.3 Å². The summed E-state index contributed by atoms with van der Waals surface area (Å²) in [6, 6.07) is 11.2. The number of nitrogens with zero attached hydrogens (tertiary/aromatic N) is 3. The Morgan fingerprint density at radius 2 is 2.00 bits per heavy atom. The number of halogens is 3. The van der Waals surface area contributed by atoms with Crippen molar-refractivity contribution in [3.05, 3.63) is 58.3 Å². The highest BCUT2D eigenvalue weighted by atomic mass is 35.5. The van der Waals surface area contributed by atoms with Gasteiger partial charge in [-0.3, -0.25) is 4.79 Å². The first-order valence-electron chi connectivity index (χ1n) is 9.50. The third-order valence-corrected chi connectivity index (χ3v) is 6.12. The number of carbonyl (C=O) groups is 1.